The van der Waals surface area contributed by atoms with Crippen LogP contribution < -0.4 is 10.0 Å². The molecule has 0 heterocycles. The average molecular weight is 460 g/mol. The zero-order valence-electron chi connectivity index (χ0n) is 16.3. The van der Waals surface area contributed by atoms with Crippen molar-refractivity contribution in [3.05, 3.63) is 99.1 Å². The second kappa shape index (κ2) is 9.15. The van der Waals surface area contributed by atoms with Crippen LogP contribution in [0.5, 0.6) is 0 Å². The lowest BCUT2D eigenvalue weighted by Crippen LogP contribution is -2.26. The van der Waals surface area contributed by atoms with Gasteiger partial charge in [-0.25, -0.2) is 8.42 Å². The summed E-state index contributed by atoms with van der Waals surface area (Å²) >= 11 is 5.92. The first-order valence-electron chi connectivity index (χ1n) is 9.10. The summed E-state index contributed by atoms with van der Waals surface area (Å²) in [7, 11) is -4.18. The number of amides is 1. The van der Waals surface area contributed by atoms with Gasteiger partial charge < -0.3 is 5.32 Å². The number of non-ortho nitro benzene ring substituents is 1. The SMILES string of the molecule is C[C@H](NC(=O)c1ccc(NS(=O)(=O)c2cc([N+](=O)[O-])ccc2Cl)cc1)c1ccccc1. The van der Waals surface area contributed by atoms with Gasteiger partial charge in [0.1, 0.15) is 4.90 Å². The number of carbonyl (C=O) groups excluding carboxylic acids is 1. The van der Waals surface area contributed by atoms with Gasteiger partial charge >= 0.3 is 0 Å². The van der Waals surface area contributed by atoms with Gasteiger partial charge in [-0.1, -0.05) is 41.9 Å². The fourth-order valence-corrected chi connectivity index (χ4v) is 4.40. The molecule has 0 saturated carbocycles. The molecule has 0 aromatic heterocycles. The smallest absolute Gasteiger partial charge is 0.270 e. The number of nitrogens with one attached hydrogen (secondary N) is 2. The Labute approximate surface area is 184 Å². The Bertz CT molecular complexity index is 1220. The van der Waals surface area contributed by atoms with E-state index in [1.165, 1.54) is 24.3 Å². The van der Waals surface area contributed by atoms with Crippen LogP contribution >= 0.6 is 11.6 Å². The molecule has 1 atom stereocenters. The number of hydrogen-bond acceptors (Lipinski definition) is 5. The van der Waals surface area contributed by atoms with Crippen LogP contribution in [0.3, 0.4) is 0 Å². The van der Waals surface area contributed by atoms with Crippen molar-refractivity contribution in [2.24, 2.45) is 0 Å². The molecule has 0 aliphatic carbocycles. The lowest BCUT2D eigenvalue weighted by atomic mass is 10.1. The number of rotatable bonds is 7. The van der Waals surface area contributed by atoms with E-state index < -0.39 is 25.5 Å². The quantitative estimate of drug-likeness (QED) is 0.397. The van der Waals surface area contributed by atoms with E-state index in [1.54, 1.807) is 0 Å². The zero-order valence-corrected chi connectivity index (χ0v) is 17.9. The fraction of sp³-hybridized carbons (Fsp3) is 0.0952. The largest absolute Gasteiger partial charge is 0.346 e. The first-order chi connectivity index (χ1) is 14.7. The molecular weight excluding hydrogens is 442 g/mol. The third kappa shape index (κ3) is 5.39. The third-order valence-electron chi connectivity index (χ3n) is 4.46. The molecule has 2 N–H and O–H groups in total. The van der Waals surface area contributed by atoms with E-state index in [1.807, 2.05) is 37.3 Å². The van der Waals surface area contributed by atoms with Crippen LogP contribution in [-0.2, 0) is 10.0 Å². The van der Waals surface area contributed by atoms with Crippen molar-refractivity contribution in [1.82, 2.24) is 5.32 Å². The molecule has 160 valence electrons. The molecule has 8 nitrogen and oxygen atoms in total. The van der Waals surface area contributed by atoms with E-state index in [9.17, 15) is 23.3 Å². The molecular formula is C21H18ClN3O5S. The van der Waals surface area contributed by atoms with Gasteiger partial charge in [-0.3, -0.25) is 19.6 Å². The number of hydrogen-bond donors (Lipinski definition) is 2. The van der Waals surface area contributed by atoms with Crippen molar-refractivity contribution in [1.29, 1.82) is 0 Å². The summed E-state index contributed by atoms with van der Waals surface area (Å²) in [5.41, 5.74) is 1.08. The van der Waals surface area contributed by atoms with Crippen molar-refractivity contribution < 1.29 is 18.1 Å². The molecule has 0 bridgehead atoms. The average Bonchev–Trinajstić information content (AvgIpc) is 2.74. The van der Waals surface area contributed by atoms with Crippen molar-refractivity contribution in [2.75, 3.05) is 4.72 Å². The van der Waals surface area contributed by atoms with Crippen LogP contribution in [0.15, 0.2) is 77.7 Å². The molecule has 0 aliphatic heterocycles. The van der Waals surface area contributed by atoms with Gasteiger partial charge in [0, 0.05) is 23.4 Å². The Hall–Kier alpha value is -3.43. The summed E-state index contributed by atoms with van der Waals surface area (Å²) in [6.45, 7) is 1.86. The summed E-state index contributed by atoms with van der Waals surface area (Å²) < 4.78 is 27.5. The molecule has 10 heteroatoms. The predicted molar refractivity (Wildman–Crippen MR) is 118 cm³/mol. The molecule has 0 aliphatic rings. The van der Waals surface area contributed by atoms with Gasteiger partial charge in [0.25, 0.3) is 21.6 Å². The molecule has 0 spiro atoms. The summed E-state index contributed by atoms with van der Waals surface area (Å²) in [5.74, 6) is -0.313. The van der Waals surface area contributed by atoms with E-state index >= 15 is 0 Å². The minimum absolute atomic E-state index is 0.149. The van der Waals surface area contributed by atoms with E-state index in [-0.39, 0.29) is 22.7 Å². The highest BCUT2D eigenvalue weighted by Gasteiger charge is 2.22. The standard InChI is InChI=1S/C21H18ClN3O5S/c1-14(15-5-3-2-4-6-15)23-21(26)16-7-9-17(10-8-16)24-31(29,30)20-13-18(25(27)28)11-12-19(20)22/h2-14,24H,1H3,(H,23,26)/t14-/m0/s1. The summed E-state index contributed by atoms with van der Waals surface area (Å²) in [5, 5.41) is 13.6. The number of carbonyl (C=O) groups is 1. The molecule has 3 aromatic rings. The maximum absolute atomic E-state index is 12.6. The monoisotopic (exact) mass is 459 g/mol. The van der Waals surface area contributed by atoms with Gasteiger partial charge in [-0.05, 0) is 42.8 Å². The lowest BCUT2D eigenvalue weighted by Gasteiger charge is -2.14. The Balaban J connectivity index is 1.74. The number of nitro benzene ring substituents is 1. The van der Waals surface area contributed by atoms with Gasteiger partial charge in [-0.2, -0.15) is 0 Å². The summed E-state index contributed by atoms with van der Waals surface area (Å²) in [6, 6.07) is 18.2. The van der Waals surface area contributed by atoms with Crippen LogP contribution in [0, 0.1) is 10.1 Å². The molecule has 1 amide bonds. The lowest BCUT2D eigenvalue weighted by molar-refractivity contribution is -0.385. The van der Waals surface area contributed by atoms with E-state index in [2.05, 4.69) is 10.0 Å². The highest BCUT2D eigenvalue weighted by molar-refractivity contribution is 7.92. The van der Waals surface area contributed by atoms with E-state index in [0.717, 1.165) is 23.8 Å². The van der Waals surface area contributed by atoms with E-state index in [0.29, 0.717) is 5.56 Å². The van der Waals surface area contributed by atoms with Crippen LogP contribution in [0.1, 0.15) is 28.9 Å². The maximum Gasteiger partial charge on any atom is 0.270 e. The summed E-state index contributed by atoms with van der Waals surface area (Å²) in [4.78, 5) is 22.3. The minimum Gasteiger partial charge on any atom is -0.346 e. The third-order valence-corrected chi connectivity index (χ3v) is 6.32. The van der Waals surface area contributed by atoms with Crippen molar-refractivity contribution >= 4 is 38.9 Å². The Morgan fingerprint density at radius 2 is 1.68 bits per heavy atom. The fourth-order valence-electron chi connectivity index (χ4n) is 2.82. The maximum atomic E-state index is 12.6. The summed E-state index contributed by atoms with van der Waals surface area (Å²) in [6.07, 6.45) is 0. The number of anilines is 1. The molecule has 0 unspecified atom stereocenters. The first kappa shape index (κ1) is 22.3. The van der Waals surface area contributed by atoms with Crippen molar-refractivity contribution in [3.8, 4) is 0 Å². The van der Waals surface area contributed by atoms with Crippen LogP contribution in [0.2, 0.25) is 5.02 Å². The van der Waals surface area contributed by atoms with Crippen LogP contribution in [-0.4, -0.2) is 19.2 Å². The van der Waals surface area contributed by atoms with Gasteiger partial charge in [0.2, 0.25) is 0 Å². The number of nitro groups is 1. The topological polar surface area (TPSA) is 118 Å². The van der Waals surface area contributed by atoms with Crippen molar-refractivity contribution in [2.45, 2.75) is 17.9 Å². The van der Waals surface area contributed by atoms with Crippen LogP contribution in [0.25, 0.3) is 0 Å². The normalized spacial score (nSPS) is 12.1. The highest BCUT2D eigenvalue weighted by Crippen LogP contribution is 2.28. The Morgan fingerprint density at radius 3 is 2.29 bits per heavy atom. The first-order valence-corrected chi connectivity index (χ1v) is 11.0. The van der Waals surface area contributed by atoms with Gasteiger partial charge in [0.15, 0.2) is 0 Å². The number of sulfonamides is 1. The number of benzene rings is 3. The molecule has 0 radical (unpaired) electrons. The van der Waals surface area contributed by atoms with Gasteiger partial charge in [0.05, 0.1) is 16.0 Å². The molecule has 0 fully saturated rings. The van der Waals surface area contributed by atoms with Gasteiger partial charge in [-0.15, -0.1) is 0 Å². The Morgan fingerprint density at radius 1 is 1.03 bits per heavy atom. The second-order valence-corrected chi connectivity index (χ2v) is 8.72. The Kier molecular flexibility index (Phi) is 6.57. The number of nitrogens with zero attached hydrogens (tertiary/aromatic N) is 1. The predicted octanol–water partition coefficient (Wildman–Crippen LogP) is 4.54. The molecule has 3 rings (SSSR count). The highest BCUT2D eigenvalue weighted by atomic mass is 35.5. The van der Waals surface area contributed by atoms with Crippen LogP contribution in [0.4, 0.5) is 11.4 Å². The zero-order chi connectivity index (χ0) is 22.6. The molecule has 31 heavy (non-hydrogen) atoms. The molecule has 0 saturated heterocycles. The van der Waals surface area contributed by atoms with E-state index in [4.69, 9.17) is 11.6 Å². The number of halogens is 1. The molecule has 3 aromatic carbocycles. The minimum atomic E-state index is -4.18. The second-order valence-electron chi connectivity index (χ2n) is 6.66. The van der Waals surface area contributed by atoms with Crippen molar-refractivity contribution in [3.63, 3.8) is 0 Å².